The summed E-state index contributed by atoms with van der Waals surface area (Å²) in [6, 6.07) is 21.7. The fraction of sp³-hybridized carbons (Fsp3) is 0.364. The molecule has 0 amide bonds. The minimum atomic E-state index is -2.39. The smallest absolute Gasteiger partial charge is 0.261 e. The van der Waals surface area contributed by atoms with Gasteiger partial charge in [0.25, 0.3) is 8.32 Å². The molecule has 2 rings (SSSR count). The summed E-state index contributed by atoms with van der Waals surface area (Å²) in [5, 5.41) is 2.73. The Morgan fingerprint density at radius 2 is 1.44 bits per heavy atom. The lowest BCUT2D eigenvalue weighted by Crippen LogP contribution is -2.66. The number of halogens is 1. The maximum absolute atomic E-state index is 6.92. The summed E-state index contributed by atoms with van der Waals surface area (Å²) in [6.45, 7) is 12.1. The summed E-state index contributed by atoms with van der Waals surface area (Å²) in [5.74, 6) is 0.401. The fourth-order valence-corrected chi connectivity index (χ4v) is 8.74. The number of hydrogen-bond donors (Lipinski definition) is 0. The van der Waals surface area contributed by atoms with E-state index in [-0.39, 0.29) is 5.04 Å². The van der Waals surface area contributed by atoms with Crippen molar-refractivity contribution < 1.29 is 4.43 Å². The second-order valence-electron chi connectivity index (χ2n) is 7.70. The van der Waals surface area contributed by atoms with Gasteiger partial charge in [0.05, 0.1) is 0 Å². The molecule has 0 fully saturated rings. The van der Waals surface area contributed by atoms with Gasteiger partial charge in [-0.05, 0) is 54.4 Å². The Morgan fingerprint density at radius 3 is 1.80 bits per heavy atom. The van der Waals surface area contributed by atoms with Crippen LogP contribution in [0, 0.1) is 5.92 Å². The molecule has 0 aliphatic carbocycles. The first-order chi connectivity index (χ1) is 11.8. The van der Waals surface area contributed by atoms with Gasteiger partial charge in [-0.15, -0.1) is 0 Å². The van der Waals surface area contributed by atoms with Gasteiger partial charge < -0.3 is 4.43 Å². The molecule has 2 aromatic carbocycles. The van der Waals surface area contributed by atoms with E-state index in [9.17, 15) is 0 Å². The lowest BCUT2D eigenvalue weighted by atomic mass is 10.2. The third kappa shape index (κ3) is 4.83. The highest BCUT2D eigenvalue weighted by atomic mass is 127. The van der Waals surface area contributed by atoms with E-state index < -0.39 is 8.32 Å². The van der Waals surface area contributed by atoms with Crippen molar-refractivity contribution in [2.75, 3.05) is 6.61 Å². The maximum atomic E-state index is 6.92. The van der Waals surface area contributed by atoms with Gasteiger partial charge in [-0.1, -0.05) is 94.4 Å². The SMILES string of the molecule is C/C(I)=C\[C@@H](C)CO[Si](c1ccccc1)(c1ccccc1)C(C)(C)C. The van der Waals surface area contributed by atoms with E-state index in [0.717, 1.165) is 6.61 Å². The van der Waals surface area contributed by atoms with Crippen LogP contribution in [0.3, 0.4) is 0 Å². The Balaban J connectivity index is 2.55. The lowest BCUT2D eigenvalue weighted by Gasteiger charge is -2.43. The molecule has 134 valence electrons. The molecule has 0 aliphatic rings. The number of hydrogen-bond acceptors (Lipinski definition) is 1. The average molecular weight is 464 g/mol. The second-order valence-corrected chi connectivity index (χ2v) is 13.7. The fourth-order valence-electron chi connectivity index (χ4n) is 3.46. The summed E-state index contributed by atoms with van der Waals surface area (Å²) >= 11 is 2.37. The van der Waals surface area contributed by atoms with Crippen molar-refractivity contribution in [3.05, 3.63) is 70.3 Å². The van der Waals surface area contributed by atoms with Gasteiger partial charge in [-0.3, -0.25) is 0 Å². The van der Waals surface area contributed by atoms with E-state index in [4.69, 9.17) is 4.43 Å². The summed E-state index contributed by atoms with van der Waals surface area (Å²) in [5.41, 5.74) is 0. The normalized spacial score (nSPS) is 14.4. The van der Waals surface area contributed by atoms with Gasteiger partial charge in [0.2, 0.25) is 0 Å². The minimum absolute atomic E-state index is 0.0402. The van der Waals surface area contributed by atoms with Crippen molar-refractivity contribution in [2.45, 2.75) is 39.7 Å². The summed E-state index contributed by atoms with van der Waals surface area (Å²) in [7, 11) is -2.39. The van der Waals surface area contributed by atoms with Gasteiger partial charge >= 0.3 is 0 Å². The molecule has 1 nitrogen and oxygen atoms in total. The molecular formula is C22H29IOSi. The Hall–Kier alpha value is -0.913. The van der Waals surface area contributed by atoms with Crippen molar-refractivity contribution in [1.29, 1.82) is 0 Å². The van der Waals surface area contributed by atoms with E-state index in [1.165, 1.54) is 14.0 Å². The summed E-state index contributed by atoms with van der Waals surface area (Å²) < 4.78 is 8.24. The molecule has 25 heavy (non-hydrogen) atoms. The second kappa shape index (κ2) is 8.65. The zero-order valence-corrected chi connectivity index (χ0v) is 19.1. The highest BCUT2D eigenvalue weighted by Gasteiger charge is 2.50. The molecule has 0 unspecified atom stereocenters. The molecule has 2 aromatic rings. The monoisotopic (exact) mass is 464 g/mol. The molecule has 0 heterocycles. The van der Waals surface area contributed by atoms with E-state index in [2.05, 4.69) is 124 Å². The molecule has 0 bridgehead atoms. The standard InChI is InChI=1S/C22H29IOSi/c1-18(16-19(2)23)17-24-25(22(3,4)5,20-12-8-6-9-13-20)21-14-10-7-11-15-21/h6-16,18H,17H2,1-5H3/b19-16+/t18-/m1/s1. The maximum Gasteiger partial charge on any atom is 0.261 e. The Kier molecular flexibility index (Phi) is 7.06. The molecule has 0 saturated heterocycles. The zero-order valence-electron chi connectivity index (χ0n) is 15.9. The molecular weight excluding hydrogens is 435 g/mol. The highest BCUT2D eigenvalue weighted by molar-refractivity contribution is 14.1. The predicted octanol–water partition coefficient (Wildman–Crippen LogP) is 5.54. The number of rotatable bonds is 6. The Morgan fingerprint density at radius 1 is 1.00 bits per heavy atom. The predicted molar refractivity (Wildman–Crippen MR) is 121 cm³/mol. The van der Waals surface area contributed by atoms with Crippen molar-refractivity contribution in [3.8, 4) is 0 Å². The van der Waals surface area contributed by atoms with Crippen LogP contribution in [-0.2, 0) is 4.43 Å². The molecule has 0 N–H and O–H groups in total. The van der Waals surface area contributed by atoms with Gasteiger partial charge in [-0.2, -0.15) is 0 Å². The quantitative estimate of drug-likeness (QED) is 0.403. The molecule has 0 saturated carbocycles. The van der Waals surface area contributed by atoms with Crippen LogP contribution < -0.4 is 10.4 Å². The van der Waals surface area contributed by atoms with Crippen LogP contribution in [0.2, 0.25) is 5.04 Å². The Labute approximate surface area is 167 Å². The third-order valence-corrected chi connectivity index (χ3v) is 9.86. The van der Waals surface area contributed by atoms with Crippen molar-refractivity contribution in [3.63, 3.8) is 0 Å². The van der Waals surface area contributed by atoms with E-state index >= 15 is 0 Å². The van der Waals surface area contributed by atoms with Gasteiger partial charge in [0.1, 0.15) is 0 Å². The van der Waals surface area contributed by atoms with Crippen LogP contribution in [0.4, 0.5) is 0 Å². The highest BCUT2D eigenvalue weighted by Crippen LogP contribution is 2.37. The van der Waals surface area contributed by atoms with Gasteiger partial charge in [-0.25, -0.2) is 0 Å². The van der Waals surface area contributed by atoms with E-state index in [1.54, 1.807) is 0 Å². The average Bonchev–Trinajstić information content (AvgIpc) is 2.55. The first-order valence-electron chi connectivity index (χ1n) is 8.86. The van der Waals surface area contributed by atoms with E-state index in [0.29, 0.717) is 5.92 Å². The van der Waals surface area contributed by atoms with Crippen LogP contribution in [-0.4, -0.2) is 14.9 Å². The van der Waals surface area contributed by atoms with Gasteiger partial charge in [0, 0.05) is 6.61 Å². The van der Waals surface area contributed by atoms with Crippen molar-refractivity contribution in [2.24, 2.45) is 5.92 Å². The first-order valence-corrected chi connectivity index (χ1v) is 11.8. The Bertz CT molecular complexity index is 645. The number of benzene rings is 2. The zero-order chi connectivity index (χ0) is 18.5. The van der Waals surface area contributed by atoms with Crippen LogP contribution in [0.1, 0.15) is 34.6 Å². The topological polar surface area (TPSA) is 9.23 Å². The molecule has 0 aromatic heterocycles. The van der Waals surface area contributed by atoms with Gasteiger partial charge in [0.15, 0.2) is 0 Å². The first kappa shape index (κ1) is 20.4. The third-order valence-electron chi connectivity index (χ3n) is 4.49. The molecule has 0 aliphatic heterocycles. The van der Waals surface area contributed by atoms with Crippen molar-refractivity contribution >= 4 is 41.3 Å². The number of allylic oxidation sites excluding steroid dienone is 1. The van der Waals surface area contributed by atoms with Crippen LogP contribution in [0.15, 0.2) is 70.3 Å². The largest absolute Gasteiger partial charge is 0.407 e. The minimum Gasteiger partial charge on any atom is -0.407 e. The van der Waals surface area contributed by atoms with E-state index in [1.807, 2.05) is 0 Å². The van der Waals surface area contributed by atoms with Crippen molar-refractivity contribution in [1.82, 2.24) is 0 Å². The molecule has 3 heteroatoms. The van der Waals surface area contributed by atoms with Crippen LogP contribution in [0.25, 0.3) is 0 Å². The molecule has 0 spiro atoms. The lowest BCUT2D eigenvalue weighted by molar-refractivity contribution is 0.267. The van der Waals surface area contributed by atoms with Crippen LogP contribution >= 0.6 is 22.6 Å². The molecule has 1 atom stereocenters. The summed E-state index contributed by atoms with van der Waals surface area (Å²) in [4.78, 5) is 0. The molecule has 0 radical (unpaired) electrons. The summed E-state index contributed by atoms with van der Waals surface area (Å²) in [6.07, 6.45) is 2.29. The van der Waals surface area contributed by atoms with Crippen LogP contribution in [0.5, 0.6) is 0 Å².